The molecule has 1 aromatic rings. The summed E-state index contributed by atoms with van der Waals surface area (Å²) in [5.41, 5.74) is 8.02. The molecule has 0 radical (unpaired) electrons. The van der Waals surface area contributed by atoms with Gasteiger partial charge in [0.15, 0.2) is 0 Å². The molecule has 0 aromatic carbocycles. The molecule has 2 atom stereocenters. The summed E-state index contributed by atoms with van der Waals surface area (Å²) >= 11 is 3.64. The summed E-state index contributed by atoms with van der Waals surface area (Å²) in [4.78, 5) is 0. The third-order valence-corrected chi connectivity index (χ3v) is 5.52. The van der Waals surface area contributed by atoms with Crippen LogP contribution in [0.1, 0.15) is 44.0 Å². The van der Waals surface area contributed by atoms with Crippen molar-refractivity contribution in [2.24, 2.45) is 11.1 Å². The molecule has 1 fully saturated rings. The van der Waals surface area contributed by atoms with Crippen LogP contribution in [0.25, 0.3) is 0 Å². The lowest BCUT2D eigenvalue weighted by Gasteiger charge is -2.41. The normalized spacial score (nSPS) is 27.7. The van der Waals surface area contributed by atoms with E-state index in [0.29, 0.717) is 6.54 Å². The molecule has 2 unspecified atom stereocenters. The number of hydrogen-bond donors (Lipinski definition) is 2. The molecule has 1 heterocycles. The minimum Gasteiger partial charge on any atom is -0.392 e. The first-order chi connectivity index (χ1) is 9.04. The van der Waals surface area contributed by atoms with Crippen LogP contribution in [-0.4, -0.2) is 27.5 Å². The highest BCUT2D eigenvalue weighted by Gasteiger charge is 2.40. The Labute approximate surface area is 123 Å². The van der Waals surface area contributed by atoms with Gasteiger partial charge >= 0.3 is 0 Å². The molecule has 0 saturated heterocycles. The van der Waals surface area contributed by atoms with Gasteiger partial charge in [-0.2, -0.15) is 5.10 Å². The number of aryl methyl sites for hydroxylation is 2. The van der Waals surface area contributed by atoms with Gasteiger partial charge in [0, 0.05) is 18.5 Å². The maximum atomic E-state index is 10.4. The Bertz CT molecular complexity index is 446. The first-order valence-corrected chi connectivity index (χ1v) is 7.93. The molecule has 5 heteroatoms. The van der Waals surface area contributed by atoms with E-state index < -0.39 is 0 Å². The molecule has 0 amide bonds. The number of nitrogens with two attached hydrogens (primary N) is 1. The van der Waals surface area contributed by atoms with Crippen molar-refractivity contribution in [1.29, 1.82) is 0 Å². The van der Waals surface area contributed by atoms with Crippen LogP contribution in [0.15, 0.2) is 4.47 Å². The van der Waals surface area contributed by atoms with Crippen LogP contribution in [0.2, 0.25) is 0 Å². The first-order valence-electron chi connectivity index (χ1n) is 7.14. The Hall–Kier alpha value is -0.390. The number of aliphatic hydroxyl groups excluding tert-OH is 1. The van der Waals surface area contributed by atoms with E-state index in [1.165, 1.54) is 5.69 Å². The van der Waals surface area contributed by atoms with E-state index in [1.807, 2.05) is 11.6 Å². The molecule has 1 aliphatic rings. The maximum Gasteiger partial charge on any atom is 0.0738 e. The van der Waals surface area contributed by atoms with Crippen molar-refractivity contribution >= 4 is 15.9 Å². The molecule has 1 saturated carbocycles. The average molecular weight is 330 g/mol. The monoisotopic (exact) mass is 329 g/mol. The lowest BCUT2D eigenvalue weighted by atomic mass is 9.69. The van der Waals surface area contributed by atoms with Crippen LogP contribution < -0.4 is 5.73 Å². The molecule has 4 nitrogen and oxygen atoms in total. The molecule has 19 heavy (non-hydrogen) atoms. The van der Waals surface area contributed by atoms with Gasteiger partial charge < -0.3 is 10.8 Å². The van der Waals surface area contributed by atoms with Gasteiger partial charge in [0.05, 0.1) is 22.0 Å². The molecular formula is C14H24BrN3O. The molecule has 1 aromatic heterocycles. The van der Waals surface area contributed by atoms with Gasteiger partial charge in [-0.3, -0.25) is 4.68 Å². The van der Waals surface area contributed by atoms with E-state index in [0.717, 1.165) is 48.8 Å². The summed E-state index contributed by atoms with van der Waals surface area (Å²) < 4.78 is 3.10. The SMILES string of the molecule is CCn1nc(C)c(Br)c1CC1(CN)CCCCC1O. The predicted molar refractivity (Wildman–Crippen MR) is 80.0 cm³/mol. The van der Waals surface area contributed by atoms with Crippen LogP contribution in [0.5, 0.6) is 0 Å². The Balaban J connectivity index is 2.32. The average Bonchev–Trinajstić information content (AvgIpc) is 2.69. The van der Waals surface area contributed by atoms with Crippen LogP contribution in [0.4, 0.5) is 0 Å². The van der Waals surface area contributed by atoms with Gasteiger partial charge in [-0.15, -0.1) is 0 Å². The smallest absolute Gasteiger partial charge is 0.0738 e. The summed E-state index contributed by atoms with van der Waals surface area (Å²) in [6, 6.07) is 0. The molecule has 0 aliphatic heterocycles. The Morgan fingerprint density at radius 1 is 1.53 bits per heavy atom. The van der Waals surface area contributed by atoms with E-state index in [4.69, 9.17) is 5.73 Å². The summed E-state index contributed by atoms with van der Waals surface area (Å²) in [5, 5.41) is 14.9. The van der Waals surface area contributed by atoms with Crippen molar-refractivity contribution in [1.82, 2.24) is 9.78 Å². The first kappa shape index (κ1) is 15.0. The van der Waals surface area contributed by atoms with Crippen LogP contribution >= 0.6 is 15.9 Å². The van der Waals surface area contributed by atoms with Gasteiger partial charge in [0.2, 0.25) is 0 Å². The quantitative estimate of drug-likeness (QED) is 0.891. The Morgan fingerprint density at radius 2 is 2.26 bits per heavy atom. The largest absolute Gasteiger partial charge is 0.392 e. The standard InChI is InChI=1S/C14H24BrN3O/c1-3-18-11(13(15)10(2)17-18)8-14(9-16)7-5-4-6-12(14)19/h12,19H,3-9,16H2,1-2H3. The zero-order chi connectivity index (χ0) is 14.0. The van der Waals surface area contributed by atoms with Crippen molar-refractivity contribution in [3.8, 4) is 0 Å². The number of aromatic nitrogens is 2. The van der Waals surface area contributed by atoms with Crippen molar-refractivity contribution in [3.05, 3.63) is 15.9 Å². The zero-order valence-corrected chi connectivity index (χ0v) is 13.4. The van der Waals surface area contributed by atoms with E-state index >= 15 is 0 Å². The van der Waals surface area contributed by atoms with Crippen LogP contribution in [0, 0.1) is 12.3 Å². The summed E-state index contributed by atoms with van der Waals surface area (Å²) in [5.74, 6) is 0. The molecule has 0 bridgehead atoms. The van der Waals surface area contributed by atoms with Crippen molar-refractivity contribution < 1.29 is 5.11 Å². The van der Waals surface area contributed by atoms with Crippen molar-refractivity contribution in [3.63, 3.8) is 0 Å². The minimum absolute atomic E-state index is 0.180. The highest BCUT2D eigenvalue weighted by Crippen LogP contribution is 2.40. The fourth-order valence-corrected chi connectivity index (χ4v) is 3.60. The van der Waals surface area contributed by atoms with Crippen LogP contribution in [0.3, 0.4) is 0 Å². The number of hydrogen-bond acceptors (Lipinski definition) is 3. The molecule has 108 valence electrons. The molecule has 3 N–H and O–H groups in total. The summed E-state index contributed by atoms with van der Waals surface area (Å²) in [7, 11) is 0. The van der Waals surface area contributed by atoms with E-state index in [-0.39, 0.29) is 11.5 Å². The molecule has 2 rings (SSSR count). The maximum absolute atomic E-state index is 10.4. The van der Waals surface area contributed by atoms with Crippen LogP contribution in [-0.2, 0) is 13.0 Å². The molecule has 0 spiro atoms. The molecule has 1 aliphatic carbocycles. The third kappa shape index (κ3) is 2.73. The zero-order valence-electron chi connectivity index (χ0n) is 11.8. The van der Waals surface area contributed by atoms with Gasteiger partial charge in [-0.1, -0.05) is 12.8 Å². The molecular weight excluding hydrogens is 306 g/mol. The van der Waals surface area contributed by atoms with E-state index in [2.05, 4.69) is 28.0 Å². The highest BCUT2D eigenvalue weighted by atomic mass is 79.9. The van der Waals surface area contributed by atoms with Gasteiger partial charge in [0.25, 0.3) is 0 Å². The highest BCUT2D eigenvalue weighted by molar-refractivity contribution is 9.10. The minimum atomic E-state index is -0.293. The van der Waals surface area contributed by atoms with Crippen molar-refractivity contribution in [2.75, 3.05) is 6.54 Å². The third-order valence-electron chi connectivity index (χ3n) is 4.49. The van der Waals surface area contributed by atoms with Gasteiger partial charge in [0.1, 0.15) is 0 Å². The number of halogens is 1. The Morgan fingerprint density at radius 3 is 2.84 bits per heavy atom. The lowest BCUT2D eigenvalue weighted by Crippen LogP contribution is -2.46. The van der Waals surface area contributed by atoms with E-state index in [9.17, 15) is 5.11 Å². The van der Waals surface area contributed by atoms with Gasteiger partial charge in [-0.05, 0) is 49.0 Å². The second-order valence-electron chi connectivity index (χ2n) is 5.67. The van der Waals surface area contributed by atoms with E-state index in [1.54, 1.807) is 0 Å². The topological polar surface area (TPSA) is 64.1 Å². The number of nitrogens with zero attached hydrogens (tertiary/aromatic N) is 2. The fourth-order valence-electron chi connectivity index (χ4n) is 3.18. The second kappa shape index (κ2) is 5.94. The predicted octanol–water partition coefficient (Wildman–Crippen LogP) is 2.40. The fraction of sp³-hybridized carbons (Fsp3) is 0.786. The lowest BCUT2D eigenvalue weighted by molar-refractivity contribution is -0.00716. The van der Waals surface area contributed by atoms with Crippen molar-refractivity contribution in [2.45, 2.75) is 58.6 Å². The summed E-state index contributed by atoms with van der Waals surface area (Å²) in [6.07, 6.45) is 4.65. The number of rotatable bonds is 4. The summed E-state index contributed by atoms with van der Waals surface area (Å²) in [6.45, 7) is 5.48. The Kier molecular flexibility index (Phi) is 4.69. The van der Waals surface area contributed by atoms with Gasteiger partial charge in [-0.25, -0.2) is 0 Å². The number of aliphatic hydroxyl groups is 1. The second-order valence-corrected chi connectivity index (χ2v) is 6.46.